The first-order chi connectivity index (χ1) is 12.2. The van der Waals surface area contributed by atoms with Crippen LogP contribution in [0.1, 0.15) is 41.8 Å². The number of carbonyl (C=O) groups is 3. The second-order valence-electron chi connectivity index (χ2n) is 5.34. The van der Waals surface area contributed by atoms with E-state index in [0.717, 1.165) is 36.3 Å². The summed E-state index contributed by atoms with van der Waals surface area (Å²) in [7, 11) is 0. The molecule has 0 aliphatic heterocycles. The highest BCUT2D eigenvalue weighted by atomic mass is 16.5. The largest absolute Gasteiger partial charge is 0.478 e. The molecule has 0 aromatic heterocycles. The van der Waals surface area contributed by atoms with Crippen molar-refractivity contribution in [2.24, 2.45) is 0 Å². The van der Waals surface area contributed by atoms with Crippen molar-refractivity contribution in [1.29, 1.82) is 0 Å². The normalized spacial score (nSPS) is 9.77. The smallest absolute Gasteiger partial charge is 0.343 e. The molecule has 1 rings (SSSR count). The molecule has 0 fully saturated rings. The molecule has 0 bridgehead atoms. The number of carboxylic acid groups (broad SMARTS) is 2. The van der Waals surface area contributed by atoms with E-state index in [4.69, 9.17) is 14.9 Å². The second kappa shape index (κ2) is 12.2. The zero-order chi connectivity index (χ0) is 20.1. The van der Waals surface area contributed by atoms with Crippen molar-refractivity contribution in [2.75, 3.05) is 0 Å². The van der Waals surface area contributed by atoms with E-state index in [2.05, 4.69) is 20.1 Å². The van der Waals surface area contributed by atoms with E-state index in [-0.39, 0.29) is 5.57 Å². The van der Waals surface area contributed by atoms with Crippen LogP contribution in [0.4, 0.5) is 0 Å². The molecule has 1 aromatic carbocycles. The average Bonchev–Trinajstić information content (AvgIpc) is 2.55. The monoisotopic (exact) mass is 360 g/mol. The zero-order valence-corrected chi connectivity index (χ0v) is 15.0. The van der Waals surface area contributed by atoms with Gasteiger partial charge < -0.3 is 14.9 Å². The molecule has 6 nitrogen and oxygen atoms in total. The minimum Gasteiger partial charge on any atom is -0.478 e. The van der Waals surface area contributed by atoms with E-state index in [1.54, 1.807) is 6.07 Å². The van der Waals surface area contributed by atoms with E-state index < -0.39 is 17.9 Å². The Morgan fingerprint density at radius 1 is 1.23 bits per heavy atom. The van der Waals surface area contributed by atoms with Crippen molar-refractivity contribution in [3.63, 3.8) is 0 Å². The SMILES string of the molecule is C=C(C)C(=O)O.C=COC(=O)c1ccc(CCC)cc1C/C=C/C(=O)O. The third-order valence-corrected chi connectivity index (χ3v) is 3.08. The Labute approximate surface area is 153 Å². The van der Waals surface area contributed by atoms with Gasteiger partial charge in [0, 0.05) is 11.6 Å². The van der Waals surface area contributed by atoms with E-state index in [1.807, 2.05) is 12.1 Å². The number of aliphatic carboxylic acids is 2. The lowest BCUT2D eigenvalue weighted by Crippen LogP contribution is -2.06. The molecule has 140 valence electrons. The summed E-state index contributed by atoms with van der Waals surface area (Å²) in [5.74, 6) is -2.43. The van der Waals surface area contributed by atoms with E-state index in [1.165, 1.54) is 13.0 Å². The summed E-state index contributed by atoms with van der Waals surface area (Å²) in [5, 5.41) is 16.5. The number of benzene rings is 1. The van der Waals surface area contributed by atoms with Gasteiger partial charge in [0.15, 0.2) is 0 Å². The summed E-state index contributed by atoms with van der Waals surface area (Å²) >= 11 is 0. The molecule has 0 saturated carbocycles. The molecule has 0 spiro atoms. The van der Waals surface area contributed by atoms with Gasteiger partial charge in [0.2, 0.25) is 0 Å². The molecule has 1 aromatic rings. The van der Waals surface area contributed by atoms with Gasteiger partial charge in [-0.1, -0.05) is 44.7 Å². The minimum atomic E-state index is -1.01. The number of ether oxygens (including phenoxy) is 1. The van der Waals surface area contributed by atoms with Crippen LogP contribution in [0.3, 0.4) is 0 Å². The fraction of sp³-hybridized carbons (Fsp3) is 0.250. The molecule has 2 N–H and O–H groups in total. The molecule has 0 unspecified atom stereocenters. The average molecular weight is 360 g/mol. The van der Waals surface area contributed by atoms with Crippen LogP contribution in [0, 0.1) is 0 Å². The fourth-order valence-corrected chi connectivity index (χ4v) is 1.89. The minimum absolute atomic E-state index is 0.176. The lowest BCUT2D eigenvalue weighted by atomic mass is 9.99. The summed E-state index contributed by atoms with van der Waals surface area (Å²) in [6, 6.07) is 5.50. The van der Waals surface area contributed by atoms with Crippen molar-refractivity contribution in [2.45, 2.75) is 33.1 Å². The van der Waals surface area contributed by atoms with Crippen LogP contribution < -0.4 is 0 Å². The van der Waals surface area contributed by atoms with Crippen LogP contribution in [0.5, 0.6) is 0 Å². The maximum absolute atomic E-state index is 11.8. The number of aryl methyl sites for hydroxylation is 1. The quantitative estimate of drug-likeness (QED) is 0.416. The molecule has 0 amide bonds. The Hall–Kier alpha value is -3.15. The number of hydrogen-bond donors (Lipinski definition) is 2. The highest BCUT2D eigenvalue weighted by Gasteiger charge is 2.12. The Balaban J connectivity index is 0.000000896. The van der Waals surface area contributed by atoms with Gasteiger partial charge in [0.1, 0.15) is 0 Å². The van der Waals surface area contributed by atoms with E-state index in [9.17, 15) is 14.4 Å². The Kier molecular flexibility index (Phi) is 10.8. The first-order valence-corrected chi connectivity index (χ1v) is 7.94. The standard InChI is InChI=1S/C16H18O4.C4H6O2/c1-3-6-12-9-10-14(16(19)20-4-2)13(11-12)7-5-8-15(17)18;1-3(2)4(5)6/h4-5,8-11H,2-3,6-7H2,1H3,(H,17,18);1H2,2H3,(H,5,6)/b8-5+;. The highest BCUT2D eigenvalue weighted by molar-refractivity contribution is 5.91. The predicted molar refractivity (Wildman–Crippen MR) is 99.0 cm³/mol. The highest BCUT2D eigenvalue weighted by Crippen LogP contribution is 2.16. The summed E-state index contributed by atoms with van der Waals surface area (Å²) in [4.78, 5) is 31.9. The molecule has 0 heterocycles. The zero-order valence-electron chi connectivity index (χ0n) is 15.0. The van der Waals surface area contributed by atoms with Crippen molar-refractivity contribution in [3.05, 3.63) is 72.0 Å². The van der Waals surface area contributed by atoms with Gasteiger partial charge in [0.25, 0.3) is 0 Å². The molecule has 0 saturated heterocycles. The topological polar surface area (TPSA) is 101 Å². The summed E-state index contributed by atoms with van der Waals surface area (Å²) in [6.45, 7) is 10.0. The van der Waals surface area contributed by atoms with Crippen LogP contribution in [0.2, 0.25) is 0 Å². The number of esters is 1. The van der Waals surface area contributed by atoms with Crippen LogP contribution >= 0.6 is 0 Å². The van der Waals surface area contributed by atoms with Crippen molar-refractivity contribution in [1.82, 2.24) is 0 Å². The molecule has 26 heavy (non-hydrogen) atoms. The first-order valence-electron chi connectivity index (χ1n) is 7.94. The van der Waals surface area contributed by atoms with E-state index in [0.29, 0.717) is 12.0 Å². The molecular formula is C20H24O6. The number of rotatable bonds is 8. The predicted octanol–water partition coefficient (Wildman–Crippen LogP) is 3.77. The van der Waals surface area contributed by atoms with Gasteiger partial charge in [-0.15, -0.1) is 0 Å². The number of hydrogen-bond acceptors (Lipinski definition) is 4. The number of carbonyl (C=O) groups excluding carboxylic acids is 1. The van der Waals surface area contributed by atoms with Crippen LogP contribution in [-0.2, 0) is 27.2 Å². The van der Waals surface area contributed by atoms with Crippen LogP contribution in [0.25, 0.3) is 0 Å². The maximum Gasteiger partial charge on any atom is 0.343 e. The van der Waals surface area contributed by atoms with Crippen molar-refractivity contribution in [3.8, 4) is 0 Å². The van der Waals surface area contributed by atoms with Gasteiger partial charge in [-0.2, -0.15) is 0 Å². The third-order valence-electron chi connectivity index (χ3n) is 3.08. The fourth-order valence-electron chi connectivity index (χ4n) is 1.89. The molecule has 0 atom stereocenters. The first kappa shape index (κ1) is 22.9. The summed E-state index contributed by atoms with van der Waals surface area (Å²) in [6.07, 6.45) is 5.94. The van der Waals surface area contributed by atoms with Gasteiger partial charge in [-0.25, -0.2) is 14.4 Å². The van der Waals surface area contributed by atoms with Crippen molar-refractivity contribution >= 4 is 17.9 Å². The Morgan fingerprint density at radius 3 is 2.31 bits per heavy atom. The van der Waals surface area contributed by atoms with Crippen LogP contribution in [-0.4, -0.2) is 28.1 Å². The summed E-state index contributed by atoms with van der Waals surface area (Å²) < 4.78 is 4.78. The van der Waals surface area contributed by atoms with Gasteiger partial charge in [0.05, 0.1) is 11.8 Å². The third kappa shape index (κ3) is 9.22. The molecular weight excluding hydrogens is 336 g/mol. The lowest BCUT2D eigenvalue weighted by Gasteiger charge is -2.08. The van der Waals surface area contributed by atoms with E-state index >= 15 is 0 Å². The summed E-state index contributed by atoms with van der Waals surface area (Å²) in [5.41, 5.74) is 2.47. The Bertz CT molecular complexity index is 688. The van der Waals surface area contributed by atoms with Gasteiger partial charge in [-0.3, -0.25) is 0 Å². The molecule has 0 aliphatic carbocycles. The maximum atomic E-state index is 11.8. The number of allylic oxidation sites excluding steroid dienone is 1. The molecule has 6 heteroatoms. The van der Waals surface area contributed by atoms with Crippen molar-refractivity contribution < 1.29 is 29.3 Å². The second-order valence-corrected chi connectivity index (χ2v) is 5.34. The molecule has 0 aliphatic rings. The van der Waals surface area contributed by atoms with Crippen LogP contribution in [0.15, 0.2) is 55.3 Å². The molecule has 0 radical (unpaired) electrons. The number of carboxylic acids is 2. The Morgan fingerprint density at radius 2 is 1.85 bits per heavy atom. The lowest BCUT2D eigenvalue weighted by molar-refractivity contribution is -0.133. The van der Waals surface area contributed by atoms with Gasteiger partial charge in [-0.05, 0) is 37.0 Å². The van der Waals surface area contributed by atoms with Gasteiger partial charge >= 0.3 is 17.9 Å².